The van der Waals surface area contributed by atoms with Gasteiger partial charge in [0, 0.05) is 19.1 Å². The first-order valence-electron chi connectivity index (χ1n) is 7.57. The minimum absolute atomic E-state index is 0. The summed E-state index contributed by atoms with van der Waals surface area (Å²) in [6, 6.07) is 6.87. The molecule has 1 aliphatic rings. The van der Waals surface area contributed by atoms with E-state index in [0.29, 0.717) is 30.8 Å². The number of carbonyl (C=O) groups is 1. The molecule has 1 fully saturated rings. The summed E-state index contributed by atoms with van der Waals surface area (Å²) >= 11 is 0. The van der Waals surface area contributed by atoms with E-state index in [4.69, 9.17) is 5.73 Å². The number of hydrogen-bond donors (Lipinski definition) is 2. The van der Waals surface area contributed by atoms with Gasteiger partial charge in [-0.25, -0.2) is 8.42 Å². The van der Waals surface area contributed by atoms with Crippen molar-refractivity contribution >= 4 is 34.0 Å². The molecule has 1 saturated heterocycles. The molecule has 1 aliphatic heterocycles. The molecular weight excluding hydrogens is 338 g/mol. The average molecular weight is 362 g/mol. The Morgan fingerprint density at radius 3 is 2.52 bits per heavy atom. The largest absolute Gasteiger partial charge is 0.338 e. The molecule has 1 amide bonds. The lowest BCUT2D eigenvalue weighted by molar-refractivity contribution is 0.0716. The van der Waals surface area contributed by atoms with Crippen LogP contribution in [0.5, 0.6) is 0 Å². The number of nitrogens with one attached hydrogen (secondary N) is 1. The number of anilines is 1. The second-order valence-corrected chi connectivity index (χ2v) is 7.44. The Morgan fingerprint density at radius 1 is 1.30 bits per heavy atom. The van der Waals surface area contributed by atoms with Crippen LogP contribution in [0.2, 0.25) is 0 Å². The van der Waals surface area contributed by atoms with Gasteiger partial charge in [-0.1, -0.05) is 19.1 Å². The van der Waals surface area contributed by atoms with Gasteiger partial charge in [-0.2, -0.15) is 0 Å². The molecule has 0 unspecified atom stereocenters. The number of likely N-dealkylation sites (tertiary alicyclic amines) is 1. The summed E-state index contributed by atoms with van der Waals surface area (Å²) in [5.41, 5.74) is 6.58. The number of para-hydroxylation sites is 1. The summed E-state index contributed by atoms with van der Waals surface area (Å²) < 4.78 is 26.4. The Labute approximate surface area is 143 Å². The lowest BCUT2D eigenvalue weighted by Gasteiger charge is -2.30. The van der Waals surface area contributed by atoms with Crippen LogP contribution in [-0.4, -0.2) is 44.1 Å². The first kappa shape index (κ1) is 19.7. The van der Waals surface area contributed by atoms with Crippen molar-refractivity contribution in [2.24, 2.45) is 5.73 Å². The van der Waals surface area contributed by atoms with Crippen LogP contribution in [0.15, 0.2) is 24.3 Å². The molecule has 3 N–H and O–H groups in total. The number of halogens is 1. The second kappa shape index (κ2) is 8.52. The molecule has 6 nitrogen and oxygen atoms in total. The normalized spacial score (nSPS) is 15.8. The van der Waals surface area contributed by atoms with E-state index >= 15 is 0 Å². The van der Waals surface area contributed by atoms with E-state index < -0.39 is 10.0 Å². The van der Waals surface area contributed by atoms with Crippen LogP contribution in [0.4, 0.5) is 5.69 Å². The van der Waals surface area contributed by atoms with Gasteiger partial charge in [0.25, 0.3) is 5.91 Å². The number of amides is 1. The van der Waals surface area contributed by atoms with Crippen LogP contribution in [0, 0.1) is 0 Å². The highest BCUT2D eigenvalue weighted by Crippen LogP contribution is 2.21. The lowest BCUT2D eigenvalue weighted by atomic mass is 10.0. The zero-order chi connectivity index (χ0) is 16.2. The number of rotatable bonds is 5. The van der Waals surface area contributed by atoms with Gasteiger partial charge in [0.05, 0.1) is 17.0 Å². The minimum atomic E-state index is -3.42. The SMILES string of the molecule is CCCS(=O)(=O)Nc1ccccc1C(=O)N1CCC(N)CC1.Cl. The van der Waals surface area contributed by atoms with Crippen LogP contribution in [-0.2, 0) is 10.0 Å². The van der Waals surface area contributed by atoms with Gasteiger partial charge in [0.2, 0.25) is 10.0 Å². The molecule has 0 spiro atoms. The third-order valence-electron chi connectivity index (χ3n) is 3.72. The molecule has 23 heavy (non-hydrogen) atoms. The molecule has 130 valence electrons. The summed E-state index contributed by atoms with van der Waals surface area (Å²) in [5.74, 6) is -0.115. The predicted octanol–water partition coefficient (Wildman–Crippen LogP) is 1.82. The standard InChI is InChI=1S/C15H23N3O3S.ClH/c1-2-11-22(20,21)17-14-6-4-3-5-13(14)15(19)18-9-7-12(16)8-10-18;/h3-6,12,17H,2,7-11,16H2,1H3;1H. The molecule has 1 aromatic rings. The zero-order valence-corrected chi connectivity index (χ0v) is 14.8. The van der Waals surface area contributed by atoms with Gasteiger partial charge >= 0.3 is 0 Å². The molecule has 0 aromatic heterocycles. The van der Waals surface area contributed by atoms with Crippen molar-refractivity contribution in [2.45, 2.75) is 32.2 Å². The van der Waals surface area contributed by atoms with Crippen molar-refractivity contribution in [1.82, 2.24) is 4.90 Å². The summed E-state index contributed by atoms with van der Waals surface area (Å²) in [4.78, 5) is 14.4. The number of piperidine rings is 1. The maximum absolute atomic E-state index is 12.6. The third kappa shape index (κ3) is 5.37. The summed E-state index contributed by atoms with van der Waals surface area (Å²) in [6.07, 6.45) is 2.07. The van der Waals surface area contributed by atoms with E-state index in [9.17, 15) is 13.2 Å². The van der Waals surface area contributed by atoms with Gasteiger partial charge in [-0.3, -0.25) is 9.52 Å². The Bertz CT molecular complexity index is 629. The molecule has 1 aromatic carbocycles. The fraction of sp³-hybridized carbons (Fsp3) is 0.533. The summed E-state index contributed by atoms with van der Waals surface area (Å²) in [5, 5.41) is 0. The van der Waals surface area contributed by atoms with Crippen LogP contribution >= 0.6 is 12.4 Å². The maximum atomic E-state index is 12.6. The van der Waals surface area contributed by atoms with Crippen LogP contribution in [0.3, 0.4) is 0 Å². The van der Waals surface area contributed by atoms with Crippen molar-refractivity contribution in [2.75, 3.05) is 23.6 Å². The van der Waals surface area contributed by atoms with Gasteiger partial charge in [-0.05, 0) is 31.4 Å². The number of benzene rings is 1. The van der Waals surface area contributed by atoms with Crippen LogP contribution in [0.1, 0.15) is 36.5 Å². The highest BCUT2D eigenvalue weighted by atomic mass is 35.5. The van der Waals surface area contributed by atoms with E-state index in [2.05, 4.69) is 4.72 Å². The Kier molecular flexibility index (Phi) is 7.31. The Morgan fingerprint density at radius 2 is 1.91 bits per heavy atom. The minimum Gasteiger partial charge on any atom is -0.338 e. The van der Waals surface area contributed by atoms with Gasteiger partial charge in [0.15, 0.2) is 0 Å². The predicted molar refractivity (Wildman–Crippen MR) is 94.5 cm³/mol. The van der Waals surface area contributed by atoms with E-state index in [-0.39, 0.29) is 30.1 Å². The van der Waals surface area contributed by atoms with Gasteiger partial charge < -0.3 is 10.6 Å². The zero-order valence-electron chi connectivity index (χ0n) is 13.2. The average Bonchev–Trinajstić information content (AvgIpc) is 2.47. The first-order valence-corrected chi connectivity index (χ1v) is 9.22. The number of nitrogens with two attached hydrogens (primary N) is 1. The second-order valence-electron chi connectivity index (χ2n) is 5.60. The van der Waals surface area contributed by atoms with E-state index in [1.807, 2.05) is 0 Å². The quantitative estimate of drug-likeness (QED) is 0.836. The first-order chi connectivity index (χ1) is 10.4. The fourth-order valence-electron chi connectivity index (χ4n) is 2.52. The van der Waals surface area contributed by atoms with Gasteiger partial charge in [-0.15, -0.1) is 12.4 Å². The molecule has 0 bridgehead atoms. The third-order valence-corrected chi connectivity index (χ3v) is 5.20. The van der Waals surface area contributed by atoms with E-state index in [0.717, 1.165) is 12.8 Å². The maximum Gasteiger partial charge on any atom is 0.255 e. The van der Waals surface area contributed by atoms with Gasteiger partial charge in [0.1, 0.15) is 0 Å². The molecule has 0 saturated carbocycles. The van der Waals surface area contributed by atoms with Crippen LogP contribution < -0.4 is 10.5 Å². The number of carbonyl (C=O) groups excluding carboxylic acids is 1. The van der Waals surface area contributed by atoms with E-state index in [1.165, 1.54) is 0 Å². The van der Waals surface area contributed by atoms with Crippen molar-refractivity contribution in [1.29, 1.82) is 0 Å². The fourth-order valence-corrected chi connectivity index (χ4v) is 3.67. The molecule has 8 heteroatoms. The lowest BCUT2D eigenvalue weighted by Crippen LogP contribution is -2.43. The molecule has 2 rings (SSSR count). The monoisotopic (exact) mass is 361 g/mol. The Balaban J connectivity index is 0.00000264. The number of hydrogen-bond acceptors (Lipinski definition) is 4. The highest BCUT2D eigenvalue weighted by molar-refractivity contribution is 7.92. The number of sulfonamides is 1. The van der Waals surface area contributed by atoms with E-state index in [1.54, 1.807) is 36.1 Å². The molecule has 0 aliphatic carbocycles. The molecule has 0 radical (unpaired) electrons. The molecular formula is C15H24ClN3O3S. The highest BCUT2D eigenvalue weighted by Gasteiger charge is 2.24. The molecule has 1 heterocycles. The van der Waals surface area contributed by atoms with Crippen LogP contribution in [0.25, 0.3) is 0 Å². The smallest absolute Gasteiger partial charge is 0.255 e. The summed E-state index contributed by atoms with van der Waals surface area (Å²) in [6.45, 7) is 3.01. The number of nitrogens with zero attached hydrogens (tertiary/aromatic N) is 1. The van der Waals surface area contributed by atoms with Crippen molar-refractivity contribution in [3.05, 3.63) is 29.8 Å². The van der Waals surface area contributed by atoms with Crippen molar-refractivity contribution < 1.29 is 13.2 Å². The van der Waals surface area contributed by atoms with Crippen molar-refractivity contribution in [3.63, 3.8) is 0 Å². The summed E-state index contributed by atoms with van der Waals surface area (Å²) in [7, 11) is -3.42. The Hall–Kier alpha value is -1.31. The topological polar surface area (TPSA) is 92.5 Å². The van der Waals surface area contributed by atoms with Crippen molar-refractivity contribution in [3.8, 4) is 0 Å². The molecule has 0 atom stereocenters.